The van der Waals surface area contributed by atoms with Gasteiger partial charge >= 0.3 is 0 Å². The van der Waals surface area contributed by atoms with Crippen molar-refractivity contribution in [1.82, 2.24) is 5.32 Å². The zero-order valence-electron chi connectivity index (χ0n) is 7.81. The molecule has 3 heteroatoms. The van der Waals surface area contributed by atoms with Gasteiger partial charge < -0.3 is 15.2 Å². The molecule has 0 atom stereocenters. The van der Waals surface area contributed by atoms with Crippen LogP contribution >= 0.6 is 0 Å². The molecule has 0 radical (unpaired) electrons. The Morgan fingerprint density at radius 2 is 2.08 bits per heavy atom. The second-order valence-corrected chi connectivity index (χ2v) is 3.51. The summed E-state index contributed by atoms with van der Waals surface area (Å²) < 4.78 is 5.18. The fourth-order valence-electron chi connectivity index (χ4n) is 1.43. The molecule has 1 heterocycles. The molecule has 0 aromatic heterocycles. The Hall–Kier alpha value is -0.120. The first-order valence-corrected chi connectivity index (χ1v) is 4.78. The molecule has 1 aliphatic heterocycles. The molecule has 1 fully saturated rings. The van der Waals surface area contributed by atoms with Crippen molar-refractivity contribution in [2.45, 2.75) is 31.8 Å². The van der Waals surface area contributed by atoms with Crippen molar-refractivity contribution in [3.63, 3.8) is 0 Å². The van der Waals surface area contributed by atoms with Gasteiger partial charge in [-0.25, -0.2) is 0 Å². The van der Waals surface area contributed by atoms with Gasteiger partial charge in [0.2, 0.25) is 0 Å². The summed E-state index contributed by atoms with van der Waals surface area (Å²) in [7, 11) is 0. The summed E-state index contributed by atoms with van der Waals surface area (Å²) >= 11 is 0. The van der Waals surface area contributed by atoms with Gasteiger partial charge in [0.15, 0.2) is 0 Å². The predicted octanol–water partition coefficient (Wildman–Crippen LogP) is 0.527. The highest BCUT2D eigenvalue weighted by Gasteiger charge is 2.28. The van der Waals surface area contributed by atoms with Crippen LogP contribution in [-0.2, 0) is 4.74 Å². The first-order valence-electron chi connectivity index (χ1n) is 4.78. The van der Waals surface area contributed by atoms with Gasteiger partial charge in [0.25, 0.3) is 0 Å². The van der Waals surface area contributed by atoms with Crippen LogP contribution < -0.4 is 5.32 Å². The van der Waals surface area contributed by atoms with E-state index < -0.39 is 5.60 Å². The van der Waals surface area contributed by atoms with Crippen molar-refractivity contribution < 1.29 is 9.84 Å². The Bertz CT molecular complexity index is 122. The first-order chi connectivity index (χ1) is 5.77. The van der Waals surface area contributed by atoms with Crippen molar-refractivity contribution in [3.8, 4) is 0 Å². The lowest BCUT2D eigenvalue weighted by Crippen LogP contribution is -2.45. The van der Waals surface area contributed by atoms with Crippen molar-refractivity contribution in [2.75, 3.05) is 26.3 Å². The monoisotopic (exact) mass is 173 g/mol. The van der Waals surface area contributed by atoms with E-state index in [1.165, 1.54) is 0 Å². The van der Waals surface area contributed by atoms with Crippen molar-refractivity contribution in [3.05, 3.63) is 0 Å². The molecule has 72 valence electrons. The van der Waals surface area contributed by atoms with Gasteiger partial charge in [-0.3, -0.25) is 0 Å². The standard InChI is InChI=1S/C9H19NO2/c1-2-5-10-8-9(11)3-6-12-7-4-9/h10-11H,2-8H2,1H3. The summed E-state index contributed by atoms with van der Waals surface area (Å²) in [6.45, 7) is 5.23. The molecule has 3 nitrogen and oxygen atoms in total. The van der Waals surface area contributed by atoms with Gasteiger partial charge in [-0.2, -0.15) is 0 Å². The summed E-state index contributed by atoms with van der Waals surface area (Å²) in [5, 5.41) is 13.2. The minimum atomic E-state index is -0.507. The van der Waals surface area contributed by atoms with Crippen LogP contribution in [0.25, 0.3) is 0 Å². The Labute approximate surface area is 74.1 Å². The van der Waals surface area contributed by atoms with Crippen LogP contribution in [0.1, 0.15) is 26.2 Å². The number of hydrogen-bond donors (Lipinski definition) is 2. The predicted molar refractivity (Wildman–Crippen MR) is 48.2 cm³/mol. The maximum atomic E-state index is 9.96. The minimum absolute atomic E-state index is 0.507. The van der Waals surface area contributed by atoms with Gasteiger partial charge in [0, 0.05) is 32.6 Å². The topological polar surface area (TPSA) is 41.5 Å². The second kappa shape index (κ2) is 4.80. The Morgan fingerprint density at radius 3 is 2.67 bits per heavy atom. The van der Waals surface area contributed by atoms with E-state index in [9.17, 15) is 5.11 Å². The first kappa shape index (κ1) is 9.96. The maximum Gasteiger partial charge on any atom is 0.0815 e. The highest BCUT2D eigenvalue weighted by Crippen LogP contribution is 2.18. The van der Waals surface area contributed by atoms with Crippen LogP contribution in [0.3, 0.4) is 0 Å². The molecule has 1 aliphatic rings. The van der Waals surface area contributed by atoms with Gasteiger partial charge in [0.1, 0.15) is 0 Å². The van der Waals surface area contributed by atoms with Crippen LogP contribution in [0, 0.1) is 0 Å². The van der Waals surface area contributed by atoms with E-state index in [-0.39, 0.29) is 0 Å². The fourth-order valence-corrected chi connectivity index (χ4v) is 1.43. The molecule has 0 aliphatic carbocycles. The molecule has 0 aromatic rings. The van der Waals surface area contributed by atoms with Crippen LogP contribution in [-0.4, -0.2) is 37.0 Å². The maximum absolute atomic E-state index is 9.96. The molecule has 1 rings (SSSR count). The zero-order valence-corrected chi connectivity index (χ0v) is 7.81. The molecule has 0 amide bonds. The van der Waals surface area contributed by atoms with Crippen molar-refractivity contribution in [2.24, 2.45) is 0 Å². The Morgan fingerprint density at radius 1 is 1.42 bits per heavy atom. The molecule has 0 saturated carbocycles. The average molecular weight is 173 g/mol. The summed E-state index contributed by atoms with van der Waals surface area (Å²) in [6, 6.07) is 0. The number of ether oxygens (including phenoxy) is 1. The summed E-state index contributed by atoms with van der Waals surface area (Å²) in [5.41, 5.74) is -0.507. The third-order valence-corrected chi connectivity index (χ3v) is 2.30. The largest absolute Gasteiger partial charge is 0.388 e. The van der Waals surface area contributed by atoms with E-state index in [4.69, 9.17) is 4.74 Å². The quantitative estimate of drug-likeness (QED) is 0.609. The van der Waals surface area contributed by atoms with Gasteiger partial charge in [-0.1, -0.05) is 6.92 Å². The van der Waals surface area contributed by atoms with Gasteiger partial charge in [-0.05, 0) is 13.0 Å². The molecular formula is C9H19NO2. The molecule has 0 bridgehead atoms. The number of rotatable bonds is 4. The molecular weight excluding hydrogens is 154 g/mol. The second-order valence-electron chi connectivity index (χ2n) is 3.51. The SMILES string of the molecule is CCCNCC1(O)CCOCC1. The lowest BCUT2D eigenvalue weighted by Gasteiger charge is -2.32. The third kappa shape index (κ3) is 3.09. The number of nitrogens with one attached hydrogen (secondary N) is 1. The highest BCUT2D eigenvalue weighted by atomic mass is 16.5. The third-order valence-electron chi connectivity index (χ3n) is 2.30. The molecule has 2 N–H and O–H groups in total. The summed E-state index contributed by atoms with van der Waals surface area (Å²) in [6.07, 6.45) is 2.65. The molecule has 0 aromatic carbocycles. The molecule has 1 saturated heterocycles. The zero-order chi connectivity index (χ0) is 8.86. The summed E-state index contributed by atoms with van der Waals surface area (Å²) in [4.78, 5) is 0. The Balaban J connectivity index is 2.17. The minimum Gasteiger partial charge on any atom is -0.388 e. The van der Waals surface area contributed by atoms with Crippen LogP contribution in [0.2, 0.25) is 0 Å². The molecule has 0 spiro atoms. The van der Waals surface area contributed by atoms with Crippen LogP contribution in [0.5, 0.6) is 0 Å². The molecule has 0 unspecified atom stereocenters. The van der Waals surface area contributed by atoms with E-state index in [0.29, 0.717) is 19.8 Å². The van der Waals surface area contributed by atoms with Crippen molar-refractivity contribution in [1.29, 1.82) is 0 Å². The van der Waals surface area contributed by atoms with Crippen LogP contribution in [0.4, 0.5) is 0 Å². The highest BCUT2D eigenvalue weighted by molar-refractivity contribution is 4.83. The van der Waals surface area contributed by atoms with E-state index in [0.717, 1.165) is 25.8 Å². The summed E-state index contributed by atoms with van der Waals surface area (Å²) in [5.74, 6) is 0. The van der Waals surface area contributed by atoms with E-state index in [1.54, 1.807) is 0 Å². The van der Waals surface area contributed by atoms with E-state index in [1.807, 2.05) is 0 Å². The normalized spacial score (nSPS) is 22.5. The fraction of sp³-hybridized carbons (Fsp3) is 1.00. The van der Waals surface area contributed by atoms with E-state index >= 15 is 0 Å². The average Bonchev–Trinajstić information content (AvgIpc) is 2.06. The number of aliphatic hydroxyl groups is 1. The lowest BCUT2D eigenvalue weighted by molar-refractivity contribution is -0.0614. The molecule has 12 heavy (non-hydrogen) atoms. The van der Waals surface area contributed by atoms with E-state index in [2.05, 4.69) is 12.2 Å². The lowest BCUT2D eigenvalue weighted by atomic mass is 9.94. The Kier molecular flexibility index (Phi) is 3.98. The van der Waals surface area contributed by atoms with Gasteiger partial charge in [0.05, 0.1) is 5.60 Å². The number of hydrogen-bond acceptors (Lipinski definition) is 3. The van der Waals surface area contributed by atoms with Crippen molar-refractivity contribution >= 4 is 0 Å². The van der Waals surface area contributed by atoms with Crippen LogP contribution in [0.15, 0.2) is 0 Å². The smallest absolute Gasteiger partial charge is 0.0815 e. The van der Waals surface area contributed by atoms with Gasteiger partial charge in [-0.15, -0.1) is 0 Å².